The van der Waals surface area contributed by atoms with Crippen LogP contribution >= 0.6 is 22.7 Å². The molecule has 3 aromatic rings. The lowest BCUT2D eigenvalue weighted by molar-refractivity contribution is 0.252. The summed E-state index contributed by atoms with van der Waals surface area (Å²) in [5.41, 5.74) is 1.30. The lowest BCUT2D eigenvalue weighted by Gasteiger charge is -2.28. The summed E-state index contributed by atoms with van der Waals surface area (Å²) >= 11 is 3.95. The number of ether oxygens (including phenoxy) is 1. The molecular formula is C27H36OS2. The highest BCUT2D eigenvalue weighted by atomic mass is 32.1. The summed E-state index contributed by atoms with van der Waals surface area (Å²) < 4.78 is 8.71. The van der Waals surface area contributed by atoms with Crippen LogP contribution in [0.3, 0.4) is 0 Å². The minimum atomic E-state index is 0.813. The molecule has 4 rings (SSSR count). The van der Waals surface area contributed by atoms with E-state index in [2.05, 4.69) is 50.2 Å². The standard InChI is InChI=1S/C27H36OS2/c1-3-5-17-28-23-14-12-22(13-15-23)25-19-27-26(30-25)18-24(29-27)16-11-21-9-7-20(6-4-2)8-10-21/h12-15,18-21H,3-11,16-17H2,1-2H3. The van der Waals surface area contributed by atoms with Crippen LogP contribution in [0.25, 0.3) is 19.8 Å². The van der Waals surface area contributed by atoms with E-state index in [1.807, 2.05) is 22.7 Å². The number of rotatable bonds is 10. The van der Waals surface area contributed by atoms with Gasteiger partial charge in [-0.1, -0.05) is 58.8 Å². The third-order valence-corrected chi connectivity index (χ3v) is 9.03. The smallest absolute Gasteiger partial charge is 0.119 e. The summed E-state index contributed by atoms with van der Waals surface area (Å²) in [4.78, 5) is 2.95. The molecule has 1 aromatic carbocycles. The van der Waals surface area contributed by atoms with Crippen LogP contribution in [-0.4, -0.2) is 6.61 Å². The third-order valence-electron chi connectivity index (χ3n) is 6.63. The molecule has 1 aliphatic rings. The van der Waals surface area contributed by atoms with Crippen molar-refractivity contribution in [1.29, 1.82) is 0 Å². The summed E-state index contributed by atoms with van der Waals surface area (Å²) in [6, 6.07) is 13.5. The zero-order valence-corrected chi connectivity index (χ0v) is 20.3. The predicted octanol–water partition coefficient (Wildman–Crippen LogP) is 9.35. The van der Waals surface area contributed by atoms with Gasteiger partial charge in [0.2, 0.25) is 0 Å². The van der Waals surface area contributed by atoms with E-state index in [9.17, 15) is 0 Å². The average Bonchev–Trinajstić information content (AvgIpc) is 3.33. The van der Waals surface area contributed by atoms with Gasteiger partial charge in [-0.15, -0.1) is 22.7 Å². The van der Waals surface area contributed by atoms with Gasteiger partial charge < -0.3 is 4.74 Å². The molecule has 0 amide bonds. The van der Waals surface area contributed by atoms with Gasteiger partial charge >= 0.3 is 0 Å². The molecule has 0 saturated heterocycles. The summed E-state index contributed by atoms with van der Waals surface area (Å²) in [6.45, 7) is 5.34. The molecule has 2 heterocycles. The second kappa shape index (κ2) is 10.8. The second-order valence-corrected chi connectivity index (χ2v) is 11.2. The normalized spacial score (nSPS) is 19.4. The lowest BCUT2D eigenvalue weighted by atomic mass is 9.78. The number of hydrogen-bond donors (Lipinski definition) is 0. The molecular weight excluding hydrogens is 404 g/mol. The maximum atomic E-state index is 5.80. The van der Waals surface area contributed by atoms with Crippen molar-refractivity contribution in [2.45, 2.75) is 78.1 Å². The van der Waals surface area contributed by atoms with E-state index in [1.165, 1.54) is 77.6 Å². The van der Waals surface area contributed by atoms with Gasteiger partial charge in [0.1, 0.15) is 5.75 Å². The van der Waals surface area contributed by atoms with Gasteiger partial charge in [-0.25, -0.2) is 0 Å². The number of unbranched alkanes of at least 4 members (excludes halogenated alkanes) is 1. The Kier molecular flexibility index (Phi) is 7.89. The molecule has 162 valence electrons. The fourth-order valence-corrected chi connectivity index (χ4v) is 7.21. The first-order valence-corrected chi connectivity index (χ1v) is 13.6. The Morgan fingerprint density at radius 1 is 0.833 bits per heavy atom. The van der Waals surface area contributed by atoms with Crippen molar-refractivity contribution in [1.82, 2.24) is 0 Å². The van der Waals surface area contributed by atoms with Gasteiger partial charge in [0.15, 0.2) is 0 Å². The molecule has 0 unspecified atom stereocenters. The Balaban J connectivity index is 1.31. The third kappa shape index (κ3) is 5.68. The van der Waals surface area contributed by atoms with Crippen molar-refractivity contribution in [3.63, 3.8) is 0 Å². The molecule has 0 bridgehead atoms. The molecule has 1 nitrogen and oxygen atoms in total. The van der Waals surface area contributed by atoms with E-state index in [4.69, 9.17) is 4.74 Å². The zero-order valence-electron chi connectivity index (χ0n) is 18.6. The van der Waals surface area contributed by atoms with Crippen molar-refractivity contribution < 1.29 is 4.74 Å². The molecule has 1 fully saturated rings. The van der Waals surface area contributed by atoms with Gasteiger partial charge in [0.05, 0.1) is 6.61 Å². The van der Waals surface area contributed by atoms with Crippen LogP contribution in [0, 0.1) is 11.8 Å². The number of aryl methyl sites for hydroxylation is 1. The first kappa shape index (κ1) is 21.9. The maximum absolute atomic E-state index is 5.80. The van der Waals surface area contributed by atoms with Crippen molar-refractivity contribution in [3.05, 3.63) is 41.3 Å². The predicted molar refractivity (Wildman–Crippen MR) is 134 cm³/mol. The van der Waals surface area contributed by atoms with Crippen LogP contribution in [-0.2, 0) is 6.42 Å². The van der Waals surface area contributed by atoms with E-state index in [0.717, 1.165) is 30.6 Å². The van der Waals surface area contributed by atoms with Gasteiger partial charge in [-0.2, -0.15) is 0 Å². The van der Waals surface area contributed by atoms with E-state index in [0.29, 0.717) is 0 Å². The molecule has 1 aliphatic carbocycles. The Labute approximate surface area is 190 Å². The summed E-state index contributed by atoms with van der Waals surface area (Å²) in [7, 11) is 0. The first-order chi connectivity index (χ1) is 14.7. The highest BCUT2D eigenvalue weighted by molar-refractivity contribution is 7.29. The summed E-state index contributed by atoms with van der Waals surface area (Å²) in [5, 5.41) is 0. The SMILES string of the molecule is CCCCOc1ccc(-c2cc3sc(CCC4CCC(CCC)CC4)cc3s2)cc1. The van der Waals surface area contributed by atoms with Crippen LogP contribution in [0.2, 0.25) is 0 Å². The second-order valence-electron chi connectivity index (χ2n) is 8.99. The van der Waals surface area contributed by atoms with Crippen LogP contribution in [0.15, 0.2) is 36.4 Å². The molecule has 2 aromatic heterocycles. The molecule has 0 N–H and O–H groups in total. The fourth-order valence-electron chi connectivity index (χ4n) is 4.76. The van der Waals surface area contributed by atoms with Crippen molar-refractivity contribution in [2.24, 2.45) is 11.8 Å². The Morgan fingerprint density at radius 3 is 2.20 bits per heavy atom. The van der Waals surface area contributed by atoms with Crippen molar-refractivity contribution >= 4 is 32.1 Å². The van der Waals surface area contributed by atoms with Crippen molar-refractivity contribution in [3.8, 4) is 16.2 Å². The lowest BCUT2D eigenvalue weighted by Crippen LogP contribution is -2.14. The van der Waals surface area contributed by atoms with Crippen LogP contribution < -0.4 is 4.74 Å². The number of fused-ring (bicyclic) bond motifs is 1. The molecule has 0 radical (unpaired) electrons. The molecule has 30 heavy (non-hydrogen) atoms. The maximum Gasteiger partial charge on any atom is 0.119 e. The fraction of sp³-hybridized carbons (Fsp3) is 0.556. The highest BCUT2D eigenvalue weighted by Gasteiger charge is 2.20. The molecule has 0 atom stereocenters. The summed E-state index contributed by atoms with van der Waals surface area (Å²) in [5.74, 6) is 2.97. The van der Waals surface area contributed by atoms with Gasteiger partial charge in [0.25, 0.3) is 0 Å². The summed E-state index contributed by atoms with van der Waals surface area (Å²) in [6.07, 6.45) is 13.6. The molecule has 0 spiro atoms. The van der Waals surface area contributed by atoms with Crippen molar-refractivity contribution in [2.75, 3.05) is 6.61 Å². The van der Waals surface area contributed by atoms with E-state index < -0.39 is 0 Å². The highest BCUT2D eigenvalue weighted by Crippen LogP contribution is 2.40. The largest absolute Gasteiger partial charge is 0.494 e. The van der Waals surface area contributed by atoms with Crippen LogP contribution in [0.1, 0.15) is 76.5 Å². The van der Waals surface area contributed by atoms with Crippen LogP contribution in [0.5, 0.6) is 5.75 Å². The molecule has 1 saturated carbocycles. The Hall–Kier alpha value is -1.32. The Morgan fingerprint density at radius 2 is 1.53 bits per heavy atom. The monoisotopic (exact) mass is 440 g/mol. The molecule has 3 heteroatoms. The quantitative estimate of drug-likeness (QED) is 0.285. The number of thiophene rings is 2. The zero-order chi connectivity index (χ0) is 20.8. The minimum absolute atomic E-state index is 0.813. The topological polar surface area (TPSA) is 9.23 Å². The number of benzene rings is 1. The van der Waals surface area contributed by atoms with Gasteiger partial charge in [-0.3, -0.25) is 0 Å². The Bertz CT molecular complexity index is 865. The minimum Gasteiger partial charge on any atom is -0.494 e. The number of hydrogen-bond acceptors (Lipinski definition) is 3. The van der Waals surface area contributed by atoms with E-state index in [1.54, 1.807) is 4.88 Å². The van der Waals surface area contributed by atoms with E-state index >= 15 is 0 Å². The average molecular weight is 441 g/mol. The van der Waals surface area contributed by atoms with Gasteiger partial charge in [0, 0.05) is 19.2 Å². The first-order valence-electron chi connectivity index (χ1n) is 12.0. The molecule has 0 aliphatic heterocycles. The van der Waals surface area contributed by atoms with Gasteiger partial charge in [-0.05, 0) is 73.1 Å². The van der Waals surface area contributed by atoms with E-state index in [-0.39, 0.29) is 0 Å². The van der Waals surface area contributed by atoms with Crippen LogP contribution in [0.4, 0.5) is 0 Å².